The molecule has 1 fully saturated rings. The molecule has 0 N–H and O–H groups in total. The van der Waals surface area contributed by atoms with Crippen LogP contribution in [0.15, 0.2) is 22.7 Å². The molecule has 0 spiro atoms. The highest BCUT2D eigenvalue weighted by Gasteiger charge is 2.30. The van der Waals surface area contributed by atoms with Crippen LogP contribution in [0, 0.1) is 11.7 Å². The van der Waals surface area contributed by atoms with E-state index in [-0.39, 0.29) is 11.9 Å². The van der Waals surface area contributed by atoms with Crippen molar-refractivity contribution in [2.24, 2.45) is 5.92 Å². The van der Waals surface area contributed by atoms with Crippen LogP contribution in [-0.2, 0) is 4.79 Å². The summed E-state index contributed by atoms with van der Waals surface area (Å²) in [4.78, 5) is 13.4. The van der Waals surface area contributed by atoms with Crippen molar-refractivity contribution in [2.75, 3.05) is 14.1 Å². The second kappa shape index (κ2) is 6.14. The van der Waals surface area contributed by atoms with Crippen LogP contribution in [-0.4, -0.2) is 24.8 Å². The van der Waals surface area contributed by atoms with E-state index < -0.39 is 0 Å². The molecular weight excluding hydrogens is 309 g/mol. The third-order valence-electron chi connectivity index (χ3n) is 3.87. The van der Waals surface area contributed by atoms with Crippen molar-refractivity contribution >= 4 is 21.7 Å². The molecule has 0 heterocycles. The Bertz CT molecular complexity index is 465. The number of hydrogen-bond donors (Lipinski definition) is 0. The second-order valence-corrected chi connectivity index (χ2v) is 6.37. The van der Waals surface area contributed by atoms with E-state index in [1.165, 1.54) is 6.07 Å². The summed E-state index contributed by atoms with van der Waals surface area (Å²) in [5.74, 6) is 0.513. The molecule has 1 aliphatic rings. The Labute approximate surface area is 122 Å². The van der Waals surface area contributed by atoms with Crippen molar-refractivity contribution in [1.82, 2.24) is 4.90 Å². The van der Waals surface area contributed by atoms with Gasteiger partial charge in [-0.1, -0.05) is 15.9 Å². The van der Waals surface area contributed by atoms with Gasteiger partial charge in [-0.3, -0.25) is 4.79 Å². The first-order chi connectivity index (χ1) is 8.99. The zero-order valence-electron chi connectivity index (χ0n) is 11.3. The molecule has 1 aromatic rings. The Morgan fingerprint density at radius 1 is 1.32 bits per heavy atom. The van der Waals surface area contributed by atoms with E-state index in [2.05, 4.69) is 20.8 Å². The minimum absolute atomic E-state index is 0.0330. The van der Waals surface area contributed by atoms with Crippen LogP contribution in [0.25, 0.3) is 0 Å². The monoisotopic (exact) mass is 327 g/mol. The Kier molecular flexibility index (Phi) is 4.74. The molecule has 1 unspecified atom stereocenters. The summed E-state index contributed by atoms with van der Waals surface area (Å²) in [5, 5.41) is 0. The number of benzene rings is 1. The number of hydrogen-bond acceptors (Lipinski definition) is 2. The third kappa shape index (κ3) is 3.42. The topological polar surface area (TPSA) is 20.3 Å². The maximum atomic E-state index is 14.1. The molecule has 0 bridgehead atoms. The van der Waals surface area contributed by atoms with Crippen molar-refractivity contribution in [3.8, 4) is 0 Å². The number of nitrogens with zero attached hydrogens (tertiary/aromatic N) is 1. The quantitative estimate of drug-likeness (QED) is 0.837. The van der Waals surface area contributed by atoms with Gasteiger partial charge >= 0.3 is 0 Å². The third-order valence-corrected chi connectivity index (χ3v) is 4.36. The SMILES string of the molecule is CN(C)C(c1cc(Br)ccc1F)C1CCC(=O)CC1. The zero-order chi connectivity index (χ0) is 14.0. The fourth-order valence-electron chi connectivity index (χ4n) is 2.97. The van der Waals surface area contributed by atoms with Crippen LogP contribution in [0.1, 0.15) is 37.3 Å². The Balaban J connectivity index is 2.29. The van der Waals surface area contributed by atoms with Gasteiger partial charge in [0.05, 0.1) is 0 Å². The predicted octanol–water partition coefficient (Wildman–Crippen LogP) is 3.95. The minimum atomic E-state index is -0.168. The molecule has 0 aromatic heterocycles. The molecule has 19 heavy (non-hydrogen) atoms. The van der Waals surface area contributed by atoms with Gasteiger partial charge in [0.2, 0.25) is 0 Å². The van der Waals surface area contributed by atoms with Gasteiger partial charge in [0, 0.05) is 28.9 Å². The molecule has 1 saturated carbocycles. The molecule has 104 valence electrons. The van der Waals surface area contributed by atoms with E-state index in [4.69, 9.17) is 0 Å². The molecule has 2 nitrogen and oxygen atoms in total. The average Bonchev–Trinajstić information content (AvgIpc) is 2.36. The first-order valence-electron chi connectivity index (χ1n) is 6.62. The summed E-state index contributed by atoms with van der Waals surface area (Å²) in [6.45, 7) is 0. The lowest BCUT2D eigenvalue weighted by molar-refractivity contribution is -0.121. The summed E-state index contributed by atoms with van der Waals surface area (Å²) in [6.07, 6.45) is 2.97. The Hall–Kier alpha value is -0.740. The first-order valence-corrected chi connectivity index (χ1v) is 7.41. The van der Waals surface area contributed by atoms with Gasteiger partial charge in [-0.05, 0) is 51.1 Å². The van der Waals surface area contributed by atoms with Crippen LogP contribution in [0.2, 0.25) is 0 Å². The number of carbonyl (C=O) groups excluding carboxylic acids is 1. The van der Waals surface area contributed by atoms with Gasteiger partial charge in [-0.2, -0.15) is 0 Å². The van der Waals surface area contributed by atoms with E-state index in [0.29, 0.717) is 24.5 Å². The van der Waals surface area contributed by atoms with E-state index >= 15 is 0 Å². The predicted molar refractivity (Wildman–Crippen MR) is 77.5 cm³/mol. The second-order valence-electron chi connectivity index (χ2n) is 5.45. The summed E-state index contributed by atoms with van der Waals surface area (Å²) in [5.41, 5.74) is 0.721. The summed E-state index contributed by atoms with van der Waals surface area (Å²) < 4.78 is 15.0. The molecule has 1 aliphatic carbocycles. The standard InChI is InChI=1S/C15H19BrFNO/c1-18(2)15(10-3-6-12(19)7-4-10)13-9-11(16)5-8-14(13)17/h5,8-10,15H,3-4,6-7H2,1-2H3. The maximum absolute atomic E-state index is 14.1. The van der Waals surface area contributed by atoms with Crippen LogP contribution in [0.5, 0.6) is 0 Å². The van der Waals surface area contributed by atoms with Gasteiger partial charge in [-0.15, -0.1) is 0 Å². The van der Waals surface area contributed by atoms with Gasteiger partial charge in [0.25, 0.3) is 0 Å². The molecule has 0 radical (unpaired) electrons. The summed E-state index contributed by atoms with van der Waals surface area (Å²) in [7, 11) is 3.95. The van der Waals surface area contributed by atoms with Crippen molar-refractivity contribution in [3.63, 3.8) is 0 Å². The highest BCUT2D eigenvalue weighted by Crippen LogP contribution is 2.38. The lowest BCUT2D eigenvalue weighted by atomic mass is 9.80. The summed E-state index contributed by atoms with van der Waals surface area (Å²) in [6, 6.07) is 5.11. The smallest absolute Gasteiger partial charge is 0.132 e. The maximum Gasteiger partial charge on any atom is 0.132 e. The molecular formula is C15H19BrFNO. The number of halogens is 2. The molecule has 1 aromatic carbocycles. The number of carbonyl (C=O) groups is 1. The normalized spacial score (nSPS) is 18.9. The number of Topliss-reactive ketones (excluding diaryl/α,β-unsaturated/α-hetero) is 1. The highest BCUT2D eigenvalue weighted by atomic mass is 79.9. The highest BCUT2D eigenvalue weighted by molar-refractivity contribution is 9.10. The van der Waals surface area contributed by atoms with Gasteiger partial charge < -0.3 is 4.90 Å². The van der Waals surface area contributed by atoms with Gasteiger partial charge in [0.1, 0.15) is 11.6 Å². The first kappa shape index (κ1) is 14.7. The van der Waals surface area contributed by atoms with Crippen LogP contribution in [0.4, 0.5) is 4.39 Å². The average molecular weight is 328 g/mol. The largest absolute Gasteiger partial charge is 0.302 e. The molecule has 0 amide bonds. The van der Waals surface area contributed by atoms with E-state index in [1.54, 1.807) is 6.07 Å². The Morgan fingerprint density at radius 2 is 1.95 bits per heavy atom. The molecule has 2 rings (SSSR count). The van der Waals surface area contributed by atoms with Crippen molar-refractivity contribution < 1.29 is 9.18 Å². The molecule has 0 saturated heterocycles. The van der Waals surface area contributed by atoms with Crippen molar-refractivity contribution in [1.29, 1.82) is 0 Å². The summed E-state index contributed by atoms with van der Waals surface area (Å²) >= 11 is 3.41. The zero-order valence-corrected chi connectivity index (χ0v) is 12.9. The molecule has 0 aliphatic heterocycles. The van der Waals surface area contributed by atoms with Crippen LogP contribution in [0.3, 0.4) is 0 Å². The minimum Gasteiger partial charge on any atom is -0.302 e. The fraction of sp³-hybridized carbons (Fsp3) is 0.533. The lowest BCUT2D eigenvalue weighted by Gasteiger charge is -2.35. The molecule has 4 heteroatoms. The van der Waals surface area contributed by atoms with Crippen molar-refractivity contribution in [2.45, 2.75) is 31.7 Å². The van der Waals surface area contributed by atoms with Crippen LogP contribution < -0.4 is 0 Å². The number of rotatable bonds is 3. The number of ketones is 1. The Morgan fingerprint density at radius 3 is 2.53 bits per heavy atom. The fourth-order valence-corrected chi connectivity index (χ4v) is 3.35. The van der Waals surface area contributed by atoms with Crippen LogP contribution >= 0.6 is 15.9 Å². The van der Waals surface area contributed by atoms with E-state index in [9.17, 15) is 9.18 Å². The van der Waals surface area contributed by atoms with E-state index in [0.717, 1.165) is 22.9 Å². The van der Waals surface area contributed by atoms with E-state index in [1.807, 2.05) is 20.2 Å². The molecule has 1 atom stereocenters. The lowest BCUT2D eigenvalue weighted by Crippen LogP contribution is -2.31. The van der Waals surface area contributed by atoms with Gasteiger partial charge in [-0.25, -0.2) is 4.39 Å². The van der Waals surface area contributed by atoms with Crippen molar-refractivity contribution in [3.05, 3.63) is 34.1 Å². The van der Waals surface area contributed by atoms with Gasteiger partial charge in [0.15, 0.2) is 0 Å².